The summed E-state index contributed by atoms with van der Waals surface area (Å²) in [6, 6.07) is 18.4. The molecule has 0 unspecified atom stereocenters. The number of hydrogen-bond donors (Lipinski definition) is 2. The van der Waals surface area contributed by atoms with Gasteiger partial charge in [0.15, 0.2) is 0 Å². The standard InChI is InChI=1S/C24H22FN5O2/c1-16-12-17(2)30(29-16)21-9-4-8-20(14-21)28-24(31)27-15-18-6-5-11-26-23(18)32-22-10-3-7-19(25)13-22/h3-14H,15H2,1-2H3,(H2,27,28,31). The van der Waals surface area contributed by atoms with Crippen LogP contribution in [0.4, 0.5) is 14.9 Å². The van der Waals surface area contributed by atoms with Crippen molar-refractivity contribution in [3.63, 3.8) is 0 Å². The number of aryl methyl sites for hydroxylation is 2. The number of urea groups is 1. The molecule has 2 heterocycles. The lowest BCUT2D eigenvalue weighted by molar-refractivity contribution is 0.251. The number of benzene rings is 2. The second kappa shape index (κ2) is 9.30. The first kappa shape index (κ1) is 21.0. The largest absolute Gasteiger partial charge is 0.439 e. The highest BCUT2D eigenvalue weighted by molar-refractivity contribution is 5.89. The first-order valence-electron chi connectivity index (χ1n) is 10.0. The van der Waals surface area contributed by atoms with Gasteiger partial charge in [0.1, 0.15) is 11.6 Å². The van der Waals surface area contributed by atoms with Crippen molar-refractivity contribution in [2.75, 3.05) is 5.32 Å². The number of amides is 2. The fraction of sp³-hybridized carbons (Fsp3) is 0.125. The van der Waals surface area contributed by atoms with Crippen LogP contribution in [-0.4, -0.2) is 20.8 Å². The molecule has 2 aromatic carbocycles. The summed E-state index contributed by atoms with van der Waals surface area (Å²) in [4.78, 5) is 16.7. The molecule has 0 atom stereocenters. The molecule has 0 radical (unpaired) electrons. The maximum atomic E-state index is 13.4. The molecule has 0 aliphatic heterocycles. The van der Waals surface area contributed by atoms with Crippen LogP contribution in [0, 0.1) is 19.7 Å². The molecule has 0 aliphatic rings. The van der Waals surface area contributed by atoms with Crippen molar-refractivity contribution in [3.8, 4) is 17.3 Å². The molecule has 0 aliphatic carbocycles. The number of carbonyl (C=O) groups excluding carboxylic acids is 1. The topological polar surface area (TPSA) is 81.1 Å². The summed E-state index contributed by atoms with van der Waals surface area (Å²) < 4.78 is 20.9. The van der Waals surface area contributed by atoms with Crippen molar-refractivity contribution in [2.24, 2.45) is 0 Å². The Kier molecular flexibility index (Phi) is 6.12. The van der Waals surface area contributed by atoms with Crippen LogP contribution < -0.4 is 15.4 Å². The number of nitrogens with zero attached hydrogens (tertiary/aromatic N) is 3. The highest BCUT2D eigenvalue weighted by Gasteiger charge is 2.10. The van der Waals surface area contributed by atoms with Gasteiger partial charge in [-0.15, -0.1) is 0 Å². The number of anilines is 1. The van der Waals surface area contributed by atoms with Crippen LogP contribution in [0.5, 0.6) is 11.6 Å². The SMILES string of the molecule is Cc1cc(C)n(-c2cccc(NC(=O)NCc3cccnc3Oc3cccc(F)c3)c2)n1. The van der Waals surface area contributed by atoms with Gasteiger partial charge in [-0.2, -0.15) is 5.10 Å². The van der Waals surface area contributed by atoms with Crippen molar-refractivity contribution < 1.29 is 13.9 Å². The summed E-state index contributed by atoms with van der Waals surface area (Å²) in [5.74, 6) is 0.223. The van der Waals surface area contributed by atoms with Crippen LogP contribution in [0.3, 0.4) is 0 Å². The van der Waals surface area contributed by atoms with Gasteiger partial charge in [0.05, 0.1) is 11.4 Å². The predicted molar refractivity (Wildman–Crippen MR) is 120 cm³/mol. The van der Waals surface area contributed by atoms with Crippen molar-refractivity contribution in [1.82, 2.24) is 20.1 Å². The molecule has 32 heavy (non-hydrogen) atoms. The van der Waals surface area contributed by atoms with E-state index < -0.39 is 5.82 Å². The van der Waals surface area contributed by atoms with Gasteiger partial charge in [0.2, 0.25) is 5.88 Å². The smallest absolute Gasteiger partial charge is 0.319 e. The highest BCUT2D eigenvalue weighted by Crippen LogP contribution is 2.23. The Hall–Kier alpha value is -4.20. The van der Waals surface area contributed by atoms with E-state index in [0.29, 0.717) is 22.9 Å². The summed E-state index contributed by atoms with van der Waals surface area (Å²) in [7, 11) is 0. The van der Waals surface area contributed by atoms with Crippen molar-refractivity contribution >= 4 is 11.7 Å². The first-order chi connectivity index (χ1) is 15.5. The van der Waals surface area contributed by atoms with Gasteiger partial charge in [-0.3, -0.25) is 0 Å². The Bertz CT molecular complexity index is 1250. The number of halogens is 1. The Morgan fingerprint density at radius 3 is 2.69 bits per heavy atom. The van der Waals surface area contributed by atoms with Gasteiger partial charge in [0.25, 0.3) is 0 Å². The molecule has 0 bridgehead atoms. The minimum atomic E-state index is -0.403. The van der Waals surface area contributed by atoms with Gasteiger partial charge in [-0.05, 0) is 56.3 Å². The van der Waals surface area contributed by atoms with E-state index in [-0.39, 0.29) is 12.6 Å². The summed E-state index contributed by atoms with van der Waals surface area (Å²) >= 11 is 0. The molecule has 0 spiro atoms. The number of carbonyl (C=O) groups is 1. The number of aromatic nitrogens is 3. The quantitative estimate of drug-likeness (QED) is 0.443. The van der Waals surface area contributed by atoms with Gasteiger partial charge in [0, 0.05) is 35.8 Å². The second-order valence-corrected chi connectivity index (χ2v) is 7.22. The molecule has 2 N–H and O–H groups in total. The highest BCUT2D eigenvalue weighted by atomic mass is 19.1. The molecule has 162 valence electrons. The van der Waals surface area contributed by atoms with Crippen molar-refractivity contribution in [3.05, 3.63) is 95.7 Å². The fourth-order valence-corrected chi connectivity index (χ4v) is 3.25. The first-order valence-corrected chi connectivity index (χ1v) is 10.0. The van der Waals surface area contributed by atoms with E-state index in [0.717, 1.165) is 17.1 Å². The van der Waals surface area contributed by atoms with E-state index in [1.165, 1.54) is 12.1 Å². The third-order valence-electron chi connectivity index (χ3n) is 4.66. The molecule has 7 nitrogen and oxygen atoms in total. The van der Waals surface area contributed by atoms with E-state index in [2.05, 4.69) is 20.7 Å². The van der Waals surface area contributed by atoms with E-state index in [1.807, 2.05) is 42.8 Å². The van der Waals surface area contributed by atoms with Crippen molar-refractivity contribution in [1.29, 1.82) is 0 Å². The molecule has 2 aromatic heterocycles. The number of nitrogens with one attached hydrogen (secondary N) is 2. The Morgan fingerprint density at radius 1 is 1.06 bits per heavy atom. The number of hydrogen-bond acceptors (Lipinski definition) is 4. The fourth-order valence-electron chi connectivity index (χ4n) is 3.25. The summed E-state index contributed by atoms with van der Waals surface area (Å²) in [5, 5.41) is 10.1. The van der Waals surface area contributed by atoms with Crippen molar-refractivity contribution in [2.45, 2.75) is 20.4 Å². The van der Waals surface area contributed by atoms with Gasteiger partial charge < -0.3 is 15.4 Å². The molecule has 2 amide bonds. The van der Waals surface area contributed by atoms with E-state index >= 15 is 0 Å². The zero-order valence-electron chi connectivity index (χ0n) is 17.7. The predicted octanol–water partition coefficient (Wildman–Crippen LogP) is 5.14. The minimum Gasteiger partial charge on any atom is -0.439 e. The Balaban J connectivity index is 1.41. The molecular weight excluding hydrogens is 409 g/mol. The molecule has 0 fully saturated rings. The van der Waals surface area contributed by atoms with Crippen LogP contribution in [-0.2, 0) is 6.54 Å². The zero-order valence-corrected chi connectivity index (χ0v) is 17.7. The third-order valence-corrected chi connectivity index (χ3v) is 4.66. The van der Waals surface area contributed by atoms with Crippen LogP contribution in [0.2, 0.25) is 0 Å². The van der Waals surface area contributed by atoms with Gasteiger partial charge in [-0.1, -0.05) is 18.2 Å². The molecule has 0 saturated heterocycles. The summed E-state index contributed by atoms with van der Waals surface area (Å²) in [5.41, 5.74) is 4.07. The van der Waals surface area contributed by atoms with E-state index in [4.69, 9.17) is 4.74 Å². The van der Waals surface area contributed by atoms with E-state index in [9.17, 15) is 9.18 Å². The third kappa shape index (κ3) is 5.10. The average molecular weight is 431 g/mol. The van der Waals surface area contributed by atoms with Gasteiger partial charge >= 0.3 is 6.03 Å². The maximum Gasteiger partial charge on any atom is 0.319 e. The van der Waals surface area contributed by atoms with Crippen LogP contribution >= 0.6 is 0 Å². The zero-order chi connectivity index (χ0) is 22.5. The molecule has 4 rings (SSSR count). The van der Waals surface area contributed by atoms with Crippen LogP contribution in [0.25, 0.3) is 5.69 Å². The van der Waals surface area contributed by atoms with Crippen LogP contribution in [0.1, 0.15) is 17.0 Å². The van der Waals surface area contributed by atoms with Crippen LogP contribution in [0.15, 0.2) is 72.9 Å². The average Bonchev–Trinajstić information content (AvgIpc) is 3.11. The molecule has 8 heteroatoms. The van der Waals surface area contributed by atoms with Gasteiger partial charge in [-0.25, -0.2) is 18.9 Å². The number of ether oxygens (including phenoxy) is 1. The van der Waals surface area contributed by atoms with E-state index in [1.54, 1.807) is 36.5 Å². The molecule has 0 saturated carbocycles. The molecular formula is C24H22FN5O2. The maximum absolute atomic E-state index is 13.4. The normalized spacial score (nSPS) is 10.6. The number of pyridine rings is 1. The number of rotatable bonds is 6. The molecule has 4 aromatic rings. The second-order valence-electron chi connectivity index (χ2n) is 7.22. The lowest BCUT2D eigenvalue weighted by atomic mass is 10.2. The minimum absolute atomic E-state index is 0.182. The summed E-state index contributed by atoms with van der Waals surface area (Å²) in [6.07, 6.45) is 1.57. The Labute approximate surface area is 184 Å². The lowest BCUT2D eigenvalue weighted by Gasteiger charge is -2.12. The lowest BCUT2D eigenvalue weighted by Crippen LogP contribution is -2.28. The Morgan fingerprint density at radius 2 is 1.91 bits per heavy atom. The monoisotopic (exact) mass is 431 g/mol. The summed E-state index contributed by atoms with van der Waals surface area (Å²) in [6.45, 7) is 4.09.